The Morgan fingerprint density at radius 2 is 1.85 bits per heavy atom. The lowest BCUT2D eigenvalue weighted by Gasteiger charge is -2.17. The Balaban J connectivity index is 1.60. The summed E-state index contributed by atoms with van der Waals surface area (Å²) in [7, 11) is 1.53. The van der Waals surface area contributed by atoms with Crippen LogP contribution in [0.15, 0.2) is 66.7 Å². The number of halogens is 2. The van der Waals surface area contributed by atoms with Crippen molar-refractivity contribution in [2.75, 3.05) is 23.9 Å². The molecule has 1 fully saturated rings. The van der Waals surface area contributed by atoms with Crippen LogP contribution in [0.5, 0.6) is 11.5 Å². The number of hydrogen-bond donors (Lipinski definition) is 1. The average molecular weight is 452 g/mol. The Morgan fingerprint density at radius 1 is 1.06 bits per heavy atom. The zero-order valence-corrected chi connectivity index (χ0v) is 17.9. The van der Waals surface area contributed by atoms with Crippen LogP contribution in [0, 0.1) is 0 Å². The lowest BCUT2D eigenvalue weighted by atomic mass is 10.0. The smallest absolute Gasteiger partial charge is 0.387 e. The molecule has 1 aliphatic heterocycles. The highest BCUT2D eigenvalue weighted by atomic mass is 19.3. The van der Waals surface area contributed by atoms with E-state index in [2.05, 4.69) is 10.1 Å². The zero-order valence-electron chi connectivity index (χ0n) is 17.9. The van der Waals surface area contributed by atoms with Crippen molar-refractivity contribution in [3.63, 3.8) is 0 Å². The van der Waals surface area contributed by atoms with Gasteiger partial charge in [-0.2, -0.15) is 8.78 Å². The molecule has 8 heteroatoms. The summed E-state index contributed by atoms with van der Waals surface area (Å²) in [5, 5.41) is 2.79. The number of benzene rings is 3. The molecule has 1 aliphatic rings. The Kier molecular flexibility index (Phi) is 6.53. The molecule has 1 N–H and O–H groups in total. The van der Waals surface area contributed by atoms with E-state index in [4.69, 9.17) is 4.74 Å². The maximum Gasteiger partial charge on any atom is 0.387 e. The summed E-state index contributed by atoms with van der Waals surface area (Å²) in [6, 6.07) is 18.1. The number of ether oxygens (including phenoxy) is 2. The normalized spacial score (nSPS) is 13.3. The number of nitrogens with one attached hydrogen (secondary N) is 1. The van der Waals surface area contributed by atoms with E-state index in [0.29, 0.717) is 46.8 Å². The number of rotatable bonds is 7. The van der Waals surface area contributed by atoms with Crippen LogP contribution in [0.1, 0.15) is 23.2 Å². The van der Waals surface area contributed by atoms with Gasteiger partial charge >= 0.3 is 6.61 Å². The highest BCUT2D eigenvalue weighted by Gasteiger charge is 2.22. The van der Waals surface area contributed by atoms with E-state index < -0.39 is 6.61 Å². The molecule has 3 aromatic carbocycles. The predicted octanol–water partition coefficient (Wildman–Crippen LogP) is 5.34. The van der Waals surface area contributed by atoms with Crippen LogP contribution in [-0.2, 0) is 4.79 Å². The van der Waals surface area contributed by atoms with E-state index in [-0.39, 0.29) is 17.6 Å². The van der Waals surface area contributed by atoms with E-state index >= 15 is 0 Å². The fourth-order valence-electron chi connectivity index (χ4n) is 3.74. The number of anilines is 2. The summed E-state index contributed by atoms with van der Waals surface area (Å²) in [4.78, 5) is 26.6. The van der Waals surface area contributed by atoms with Crippen LogP contribution >= 0.6 is 0 Å². The third kappa shape index (κ3) is 5.11. The van der Waals surface area contributed by atoms with E-state index in [1.807, 2.05) is 0 Å². The van der Waals surface area contributed by atoms with Crippen LogP contribution in [0.2, 0.25) is 0 Å². The average Bonchev–Trinajstić information content (AvgIpc) is 3.25. The second-order valence-electron chi connectivity index (χ2n) is 7.47. The molecule has 0 spiro atoms. The first-order valence-corrected chi connectivity index (χ1v) is 10.4. The molecule has 2 amide bonds. The number of amides is 2. The number of methoxy groups -OCH3 is 1. The molecule has 3 aromatic rings. The van der Waals surface area contributed by atoms with Crippen molar-refractivity contribution in [3.05, 3.63) is 72.3 Å². The minimum atomic E-state index is -2.99. The quantitative estimate of drug-likeness (QED) is 0.525. The maximum atomic E-state index is 12.9. The second kappa shape index (κ2) is 9.68. The van der Waals surface area contributed by atoms with E-state index in [1.54, 1.807) is 59.5 Å². The molecule has 0 unspecified atom stereocenters. The van der Waals surface area contributed by atoms with Gasteiger partial charge in [0.05, 0.1) is 7.11 Å². The lowest BCUT2D eigenvalue weighted by Crippen LogP contribution is -2.24. The molecule has 0 atom stereocenters. The highest BCUT2D eigenvalue weighted by molar-refractivity contribution is 6.06. The van der Waals surface area contributed by atoms with Crippen molar-refractivity contribution >= 4 is 23.2 Å². The minimum Gasteiger partial charge on any atom is -0.497 e. The number of carbonyl (C=O) groups excluding carboxylic acids is 2. The minimum absolute atomic E-state index is 0.0114. The summed E-state index contributed by atoms with van der Waals surface area (Å²) < 4.78 is 35.7. The maximum absolute atomic E-state index is 12.9. The molecule has 0 bridgehead atoms. The van der Waals surface area contributed by atoms with Gasteiger partial charge in [0.1, 0.15) is 11.5 Å². The standard InChI is InChI=1S/C25H22F2N2O4/c1-32-20-10-7-16(8-11-20)21-15-18(9-12-22(21)33-25(26)27)28-24(31)17-4-2-5-19(14-17)29-13-3-6-23(29)30/h2,4-5,7-12,14-15,25H,3,6,13H2,1H3,(H,28,31). The zero-order chi connectivity index (χ0) is 23.4. The summed E-state index contributed by atoms with van der Waals surface area (Å²) in [6.45, 7) is -2.36. The van der Waals surface area contributed by atoms with Crippen molar-refractivity contribution in [1.82, 2.24) is 0 Å². The first-order valence-electron chi connectivity index (χ1n) is 10.4. The van der Waals surface area contributed by atoms with Crippen LogP contribution < -0.4 is 19.7 Å². The third-order valence-corrected chi connectivity index (χ3v) is 5.35. The van der Waals surface area contributed by atoms with E-state index in [1.165, 1.54) is 19.2 Å². The fraction of sp³-hybridized carbons (Fsp3) is 0.200. The number of nitrogens with zero attached hydrogens (tertiary/aromatic N) is 1. The summed E-state index contributed by atoms with van der Waals surface area (Å²) in [5.41, 5.74) is 2.48. The van der Waals surface area contributed by atoms with Crippen molar-refractivity contribution in [2.24, 2.45) is 0 Å². The summed E-state index contributed by atoms with van der Waals surface area (Å²) in [6.07, 6.45) is 1.29. The predicted molar refractivity (Wildman–Crippen MR) is 121 cm³/mol. The molecule has 0 saturated carbocycles. The van der Waals surface area contributed by atoms with Gasteiger partial charge in [-0.15, -0.1) is 0 Å². The molecule has 4 rings (SSSR count). The molecule has 0 radical (unpaired) electrons. The van der Waals surface area contributed by atoms with Crippen molar-refractivity contribution in [3.8, 4) is 22.6 Å². The topological polar surface area (TPSA) is 67.9 Å². The van der Waals surface area contributed by atoms with Crippen molar-refractivity contribution in [1.29, 1.82) is 0 Å². The summed E-state index contributed by atoms with van der Waals surface area (Å²) in [5.74, 6) is 0.261. The van der Waals surface area contributed by atoms with E-state index in [0.717, 1.165) is 6.42 Å². The van der Waals surface area contributed by atoms with Gasteiger partial charge in [0.2, 0.25) is 5.91 Å². The fourth-order valence-corrected chi connectivity index (χ4v) is 3.74. The Labute approximate surface area is 189 Å². The highest BCUT2D eigenvalue weighted by Crippen LogP contribution is 2.35. The molecule has 1 saturated heterocycles. The monoisotopic (exact) mass is 452 g/mol. The molecule has 6 nitrogen and oxygen atoms in total. The van der Waals surface area contributed by atoms with Gasteiger partial charge in [0.15, 0.2) is 0 Å². The Hall–Kier alpha value is -3.94. The van der Waals surface area contributed by atoms with Crippen molar-refractivity contribution < 1.29 is 27.8 Å². The van der Waals surface area contributed by atoms with Gasteiger partial charge < -0.3 is 19.7 Å². The van der Waals surface area contributed by atoms with Crippen LogP contribution in [0.3, 0.4) is 0 Å². The lowest BCUT2D eigenvalue weighted by molar-refractivity contribution is -0.117. The van der Waals surface area contributed by atoms with Crippen LogP contribution in [0.25, 0.3) is 11.1 Å². The third-order valence-electron chi connectivity index (χ3n) is 5.35. The van der Waals surface area contributed by atoms with Crippen LogP contribution in [0.4, 0.5) is 20.2 Å². The first kappa shape index (κ1) is 22.3. The molecular weight excluding hydrogens is 430 g/mol. The number of hydrogen-bond acceptors (Lipinski definition) is 4. The second-order valence-corrected chi connectivity index (χ2v) is 7.47. The van der Waals surface area contributed by atoms with Gasteiger partial charge in [-0.3, -0.25) is 9.59 Å². The SMILES string of the molecule is COc1ccc(-c2cc(NC(=O)c3cccc(N4CCCC4=O)c3)ccc2OC(F)F)cc1. The van der Waals surface area contributed by atoms with Gasteiger partial charge in [-0.05, 0) is 60.5 Å². The van der Waals surface area contributed by atoms with Gasteiger partial charge in [-0.25, -0.2) is 0 Å². The first-order chi connectivity index (χ1) is 15.9. The van der Waals surface area contributed by atoms with E-state index in [9.17, 15) is 18.4 Å². The number of carbonyl (C=O) groups is 2. The molecular formula is C25H22F2N2O4. The molecule has 1 heterocycles. The van der Waals surface area contributed by atoms with Gasteiger partial charge in [0.25, 0.3) is 5.91 Å². The van der Waals surface area contributed by atoms with Crippen molar-refractivity contribution in [2.45, 2.75) is 19.5 Å². The Bertz CT molecular complexity index is 1170. The Morgan fingerprint density at radius 3 is 2.52 bits per heavy atom. The largest absolute Gasteiger partial charge is 0.497 e. The molecule has 33 heavy (non-hydrogen) atoms. The summed E-state index contributed by atoms with van der Waals surface area (Å²) >= 11 is 0. The van der Waals surface area contributed by atoms with Gasteiger partial charge in [-0.1, -0.05) is 18.2 Å². The van der Waals surface area contributed by atoms with Crippen LogP contribution in [-0.4, -0.2) is 32.1 Å². The molecule has 170 valence electrons. The van der Waals surface area contributed by atoms with Gasteiger partial charge in [0, 0.05) is 35.5 Å². The molecule has 0 aliphatic carbocycles. The number of alkyl halides is 2. The molecule has 0 aromatic heterocycles.